The lowest BCUT2D eigenvalue weighted by molar-refractivity contribution is -0.151. The maximum absolute atomic E-state index is 11.5. The second-order valence-corrected chi connectivity index (χ2v) is 8.43. The van der Waals surface area contributed by atoms with Crippen LogP contribution in [0.2, 0.25) is 0 Å². The summed E-state index contributed by atoms with van der Waals surface area (Å²) in [6.45, 7) is 7.83. The van der Waals surface area contributed by atoms with E-state index in [0.717, 1.165) is 38.5 Å². The van der Waals surface area contributed by atoms with Gasteiger partial charge in [-0.25, -0.2) is 9.59 Å². The molecule has 31 heavy (non-hydrogen) atoms. The number of rotatable bonds is 11. The molecule has 0 radical (unpaired) electrons. The topological polar surface area (TPSA) is 93.1 Å². The Hall–Kier alpha value is -2.60. The third-order valence-electron chi connectivity index (χ3n) is 5.53. The number of cyclic esters (lactones) is 2. The molecule has 2 atom stereocenters. The SMILES string of the molecule is CC1=C(O)/C(=C/[C@H](C)CC/C=C(/C)CC/C=C(/C)CCCC2=CC(O)OC2=O)OC1=O. The van der Waals surface area contributed by atoms with Crippen molar-refractivity contribution in [2.45, 2.75) is 78.9 Å². The lowest BCUT2D eigenvalue weighted by Crippen LogP contribution is -2.06. The molecule has 6 nitrogen and oxygen atoms in total. The molecule has 2 heterocycles. The molecule has 0 aliphatic carbocycles. The van der Waals surface area contributed by atoms with E-state index in [1.54, 1.807) is 13.0 Å². The van der Waals surface area contributed by atoms with Gasteiger partial charge in [0.25, 0.3) is 0 Å². The van der Waals surface area contributed by atoms with Gasteiger partial charge in [0, 0.05) is 5.57 Å². The van der Waals surface area contributed by atoms with Crippen molar-refractivity contribution in [2.75, 3.05) is 0 Å². The summed E-state index contributed by atoms with van der Waals surface area (Å²) in [5, 5.41) is 19.1. The van der Waals surface area contributed by atoms with Gasteiger partial charge < -0.3 is 19.7 Å². The maximum atomic E-state index is 11.5. The van der Waals surface area contributed by atoms with Crippen LogP contribution in [0.4, 0.5) is 0 Å². The Kier molecular flexibility index (Phi) is 9.31. The number of hydrogen-bond donors (Lipinski definition) is 2. The third kappa shape index (κ3) is 7.87. The summed E-state index contributed by atoms with van der Waals surface area (Å²) in [7, 11) is 0. The number of hydrogen-bond acceptors (Lipinski definition) is 6. The van der Waals surface area contributed by atoms with Crippen LogP contribution in [0.3, 0.4) is 0 Å². The summed E-state index contributed by atoms with van der Waals surface area (Å²) in [6.07, 6.45) is 12.9. The van der Waals surface area contributed by atoms with Gasteiger partial charge >= 0.3 is 11.9 Å². The number of allylic oxidation sites excluding steroid dienone is 5. The fraction of sp³-hybridized carbons (Fsp3) is 0.520. The Bertz CT molecular complexity index is 840. The van der Waals surface area contributed by atoms with E-state index in [0.29, 0.717) is 12.0 Å². The fourth-order valence-corrected chi connectivity index (χ4v) is 3.51. The molecule has 0 fully saturated rings. The summed E-state index contributed by atoms with van der Waals surface area (Å²) in [5.41, 5.74) is 3.46. The van der Waals surface area contributed by atoms with Crippen molar-refractivity contribution < 1.29 is 29.3 Å². The van der Waals surface area contributed by atoms with Gasteiger partial charge in [-0.3, -0.25) is 0 Å². The van der Waals surface area contributed by atoms with Gasteiger partial charge in [0.05, 0.1) is 5.57 Å². The van der Waals surface area contributed by atoms with Crippen LogP contribution < -0.4 is 0 Å². The predicted molar refractivity (Wildman–Crippen MR) is 119 cm³/mol. The van der Waals surface area contributed by atoms with E-state index in [4.69, 9.17) is 4.74 Å². The molecule has 0 saturated heterocycles. The quantitative estimate of drug-likeness (QED) is 0.340. The second-order valence-electron chi connectivity index (χ2n) is 8.43. The highest BCUT2D eigenvalue weighted by Crippen LogP contribution is 2.26. The third-order valence-corrected chi connectivity index (χ3v) is 5.53. The molecule has 2 aliphatic rings. The Labute approximate surface area is 184 Å². The molecular weight excluding hydrogens is 396 g/mol. The standard InChI is InChI=1S/C25H34O6/c1-16(10-6-12-18(3)14-21-23(27)19(4)24(28)30-21)8-5-9-17(2)11-7-13-20-15-22(26)31-25(20)29/h9-10,14-15,18,22,26-27H,5-8,11-13H2,1-4H3/b16-10-,17-9-,21-14-/t18-,22?/m1/s1. The summed E-state index contributed by atoms with van der Waals surface area (Å²) < 4.78 is 9.75. The molecule has 0 amide bonds. The molecule has 2 rings (SSSR count). The van der Waals surface area contributed by atoms with Gasteiger partial charge in [-0.15, -0.1) is 0 Å². The molecule has 2 N–H and O–H groups in total. The van der Waals surface area contributed by atoms with Crippen molar-refractivity contribution in [3.05, 3.63) is 58.1 Å². The van der Waals surface area contributed by atoms with E-state index in [2.05, 4.69) is 30.7 Å². The first-order valence-corrected chi connectivity index (χ1v) is 10.9. The van der Waals surface area contributed by atoms with E-state index < -0.39 is 18.2 Å². The summed E-state index contributed by atoms with van der Waals surface area (Å²) in [4.78, 5) is 22.9. The van der Waals surface area contributed by atoms with Crippen LogP contribution in [0, 0.1) is 5.92 Å². The molecule has 1 unspecified atom stereocenters. The summed E-state index contributed by atoms with van der Waals surface area (Å²) in [6, 6.07) is 0. The van der Waals surface area contributed by atoms with Crippen molar-refractivity contribution in [1.82, 2.24) is 0 Å². The van der Waals surface area contributed by atoms with Crippen LogP contribution in [0.15, 0.2) is 58.1 Å². The van der Waals surface area contributed by atoms with E-state index in [-0.39, 0.29) is 23.0 Å². The maximum Gasteiger partial charge on any atom is 0.343 e. The summed E-state index contributed by atoms with van der Waals surface area (Å²) in [5.74, 6) is -0.479. The van der Waals surface area contributed by atoms with Gasteiger partial charge in [0.2, 0.25) is 6.29 Å². The minimum Gasteiger partial charge on any atom is -0.504 e. The lowest BCUT2D eigenvalue weighted by Gasteiger charge is -2.07. The first-order valence-electron chi connectivity index (χ1n) is 10.9. The zero-order chi connectivity index (χ0) is 23.0. The Morgan fingerprint density at radius 3 is 2.42 bits per heavy atom. The number of ether oxygens (including phenoxy) is 2. The molecule has 2 aliphatic heterocycles. The van der Waals surface area contributed by atoms with Crippen molar-refractivity contribution >= 4 is 11.9 Å². The Morgan fingerprint density at radius 2 is 1.81 bits per heavy atom. The highest BCUT2D eigenvalue weighted by molar-refractivity contribution is 5.93. The van der Waals surface area contributed by atoms with Gasteiger partial charge in [-0.2, -0.15) is 0 Å². The van der Waals surface area contributed by atoms with Crippen molar-refractivity contribution in [3.8, 4) is 0 Å². The van der Waals surface area contributed by atoms with E-state index in [9.17, 15) is 19.8 Å². The van der Waals surface area contributed by atoms with Gasteiger partial charge in [-0.1, -0.05) is 30.2 Å². The average molecular weight is 431 g/mol. The molecule has 0 aromatic rings. The largest absolute Gasteiger partial charge is 0.504 e. The molecule has 0 bridgehead atoms. The Morgan fingerprint density at radius 1 is 1.13 bits per heavy atom. The average Bonchev–Trinajstić information content (AvgIpc) is 3.14. The minimum absolute atomic E-state index is 0.0526. The van der Waals surface area contributed by atoms with E-state index in [1.165, 1.54) is 17.2 Å². The van der Waals surface area contributed by atoms with Crippen LogP contribution in [0.1, 0.15) is 72.6 Å². The Balaban J connectivity index is 1.65. The number of aliphatic hydroxyl groups excluding tert-OH is 2. The highest BCUT2D eigenvalue weighted by Gasteiger charge is 2.26. The van der Waals surface area contributed by atoms with Crippen LogP contribution in [0.25, 0.3) is 0 Å². The van der Waals surface area contributed by atoms with Gasteiger partial charge in [0.15, 0.2) is 11.5 Å². The molecule has 0 spiro atoms. The smallest absolute Gasteiger partial charge is 0.343 e. The molecule has 170 valence electrons. The van der Waals surface area contributed by atoms with Crippen LogP contribution >= 0.6 is 0 Å². The predicted octanol–water partition coefficient (Wildman–Crippen LogP) is 5.32. The van der Waals surface area contributed by atoms with Crippen LogP contribution in [-0.4, -0.2) is 28.4 Å². The first kappa shape index (κ1) is 24.7. The number of carbonyl (C=O) groups excluding carboxylic acids is 2. The molecule has 0 saturated carbocycles. The van der Waals surface area contributed by atoms with Crippen molar-refractivity contribution in [2.24, 2.45) is 5.92 Å². The molecule has 6 heteroatoms. The summed E-state index contributed by atoms with van der Waals surface area (Å²) >= 11 is 0. The molecule has 0 aromatic carbocycles. The first-order chi connectivity index (χ1) is 14.7. The lowest BCUT2D eigenvalue weighted by atomic mass is 10.0. The van der Waals surface area contributed by atoms with Crippen molar-refractivity contribution in [3.63, 3.8) is 0 Å². The molecule has 0 aromatic heterocycles. The highest BCUT2D eigenvalue weighted by atomic mass is 16.6. The van der Waals surface area contributed by atoms with E-state index >= 15 is 0 Å². The van der Waals surface area contributed by atoms with Gasteiger partial charge in [-0.05, 0) is 83.8 Å². The van der Waals surface area contributed by atoms with Crippen molar-refractivity contribution in [1.29, 1.82) is 0 Å². The number of esters is 2. The van der Waals surface area contributed by atoms with E-state index in [1.807, 2.05) is 6.92 Å². The van der Waals surface area contributed by atoms with Gasteiger partial charge in [0.1, 0.15) is 0 Å². The molecular formula is C25H34O6. The van der Waals surface area contributed by atoms with Crippen LogP contribution in [-0.2, 0) is 19.1 Å². The fourth-order valence-electron chi connectivity index (χ4n) is 3.51. The monoisotopic (exact) mass is 430 g/mol. The number of aliphatic hydroxyl groups is 2. The zero-order valence-corrected chi connectivity index (χ0v) is 18.9. The number of carbonyl (C=O) groups is 2. The minimum atomic E-state index is -1.08. The normalized spacial score (nSPS) is 22.2. The second kappa shape index (κ2) is 11.7. The van der Waals surface area contributed by atoms with Crippen LogP contribution in [0.5, 0.6) is 0 Å². The zero-order valence-electron chi connectivity index (χ0n) is 18.9.